The lowest BCUT2D eigenvalue weighted by Crippen LogP contribution is -2.41. The van der Waals surface area contributed by atoms with Crippen LogP contribution in [0.5, 0.6) is 0 Å². The minimum absolute atomic E-state index is 0.0316. The second-order valence-electron chi connectivity index (χ2n) is 5.51. The predicted octanol–water partition coefficient (Wildman–Crippen LogP) is 1.26. The standard InChI is InChI=1S/C15H24N4O2/c1-3-18-10-8-16-13(18)11-17(2)15(21)12-19-9-6-4-5-7-14(19)20/h8,10H,3-7,9,11-12H2,1-2H3. The third kappa shape index (κ3) is 4.06. The van der Waals surface area contributed by atoms with E-state index in [1.807, 2.05) is 17.7 Å². The van der Waals surface area contributed by atoms with Gasteiger partial charge in [0.15, 0.2) is 0 Å². The van der Waals surface area contributed by atoms with E-state index in [-0.39, 0.29) is 18.4 Å². The highest BCUT2D eigenvalue weighted by atomic mass is 16.2. The van der Waals surface area contributed by atoms with Gasteiger partial charge >= 0.3 is 0 Å². The largest absolute Gasteiger partial charge is 0.337 e. The van der Waals surface area contributed by atoms with Crippen LogP contribution in [0.25, 0.3) is 0 Å². The minimum atomic E-state index is -0.0316. The van der Waals surface area contributed by atoms with Crippen molar-refractivity contribution >= 4 is 11.8 Å². The SMILES string of the molecule is CCn1ccnc1CN(C)C(=O)CN1CCCCCC1=O. The first-order valence-electron chi connectivity index (χ1n) is 7.63. The van der Waals surface area contributed by atoms with Crippen molar-refractivity contribution in [1.29, 1.82) is 0 Å². The fraction of sp³-hybridized carbons (Fsp3) is 0.667. The number of likely N-dealkylation sites (N-methyl/N-ethyl adjacent to an activating group) is 1. The molecule has 1 aliphatic heterocycles. The van der Waals surface area contributed by atoms with Gasteiger partial charge in [0, 0.05) is 39.0 Å². The molecule has 21 heavy (non-hydrogen) atoms. The van der Waals surface area contributed by atoms with Gasteiger partial charge in [-0.15, -0.1) is 0 Å². The third-order valence-corrected chi connectivity index (χ3v) is 3.94. The number of rotatable bonds is 5. The van der Waals surface area contributed by atoms with Gasteiger partial charge in [0.25, 0.3) is 0 Å². The van der Waals surface area contributed by atoms with Crippen molar-refractivity contribution in [2.24, 2.45) is 0 Å². The minimum Gasteiger partial charge on any atom is -0.337 e. The Kier molecular flexibility index (Phi) is 5.36. The zero-order valence-electron chi connectivity index (χ0n) is 12.9. The normalized spacial score (nSPS) is 15.9. The van der Waals surface area contributed by atoms with Gasteiger partial charge in [-0.25, -0.2) is 4.98 Å². The lowest BCUT2D eigenvalue weighted by molar-refractivity contribution is -0.139. The summed E-state index contributed by atoms with van der Waals surface area (Å²) in [5.74, 6) is 0.941. The molecule has 2 rings (SSSR count). The van der Waals surface area contributed by atoms with Crippen LogP contribution in [-0.4, -0.2) is 51.3 Å². The maximum atomic E-state index is 12.3. The first-order chi connectivity index (χ1) is 10.1. The molecule has 0 radical (unpaired) electrons. The molecule has 1 fully saturated rings. The Labute approximate surface area is 125 Å². The molecule has 2 amide bonds. The maximum Gasteiger partial charge on any atom is 0.242 e. The highest BCUT2D eigenvalue weighted by Gasteiger charge is 2.21. The molecule has 1 aliphatic rings. The van der Waals surface area contributed by atoms with Crippen LogP contribution >= 0.6 is 0 Å². The zero-order valence-corrected chi connectivity index (χ0v) is 12.9. The van der Waals surface area contributed by atoms with Crippen molar-refractivity contribution < 1.29 is 9.59 Å². The first kappa shape index (κ1) is 15.5. The molecule has 0 saturated carbocycles. The van der Waals surface area contributed by atoms with Crippen molar-refractivity contribution in [2.45, 2.75) is 45.7 Å². The fourth-order valence-corrected chi connectivity index (χ4v) is 2.57. The predicted molar refractivity (Wildman–Crippen MR) is 79.4 cm³/mol. The van der Waals surface area contributed by atoms with Gasteiger partial charge in [-0.3, -0.25) is 9.59 Å². The number of aryl methyl sites for hydroxylation is 1. The molecule has 1 aromatic rings. The summed E-state index contributed by atoms with van der Waals surface area (Å²) in [6, 6.07) is 0. The van der Waals surface area contributed by atoms with Crippen LogP contribution in [0.4, 0.5) is 0 Å². The van der Waals surface area contributed by atoms with Gasteiger partial charge in [0.1, 0.15) is 5.82 Å². The summed E-state index contributed by atoms with van der Waals surface area (Å²) in [5, 5.41) is 0. The summed E-state index contributed by atoms with van der Waals surface area (Å²) in [4.78, 5) is 31.8. The highest BCUT2D eigenvalue weighted by molar-refractivity contribution is 5.84. The van der Waals surface area contributed by atoms with Crippen molar-refractivity contribution in [3.63, 3.8) is 0 Å². The second kappa shape index (κ2) is 7.24. The molecule has 2 heterocycles. The summed E-state index contributed by atoms with van der Waals surface area (Å²) in [6.45, 7) is 4.23. The first-order valence-corrected chi connectivity index (χ1v) is 7.63. The third-order valence-electron chi connectivity index (χ3n) is 3.94. The van der Waals surface area contributed by atoms with Gasteiger partial charge in [-0.1, -0.05) is 6.42 Å². The van der Waals surface area contributed by atoms with Crippen LogP contribution in [0.15, 0.2) is 12.4 Å². The topological polar surface area (TPSA) is 58.4 Å². The van der Waals surface area contributed by atoms with E-state index in [9.17, 15) is 9.59 Å². The van der Waals surface area contributed by atoms with Crippen LogP contribution in [0.3, 0.4) is 0 Å². The van der Waals surface area contributed by atoms with E-state index < -0.39 is 0 Å². The lowest BCUT2D eigenvalue weighted by atomic mass is 10.2. The number of carbonyl (C=O) groups excluding carboxylic acids is 2. The lowest BCUT2D eigenvalue weighted by Gasteiger charge is -2.24. The smallest absolute Gasteiger partial charge is 0.242 e. The average molecular weight is 292 g/mol. The summed E-state index contributed by atoms with van der Waals surface area (Å²) in [7, 11) is 1.76. The van der Waals surface area contributed by atoms with Gasteiger partial charge in [0.2, 0.25) is 11.8 Å². The molecular formula is C15H24N4O2. The van der Waals surface area contributed by atoms with E-state index in [2.05, 4.69) is 4.98 Å². The number of likely N-dealkylation sites (tertiary alicyclic amines) is 1. The van der Waals surface area contributed by atoms with E-state index in [0.29, 0.717) is 19.5 Å². The van der Waals surface area contributed by atoms with E-state index in [1.54, 1.807) is 23.0 Å². The van der Waals surface area contributed by atoms with Crippen LogP contribution in [-0.2, 0) is 22.7 Å². The molecule has 0 bridgehead atoms. The van der Waals surface area contributed by atoms with E-state index in [1.165, 1.54) is 0 Å². The van der Waals surface area contributed by atoms with E-state index in [4.69, 9.17) is 0 Å². The Morgan fingerprint density at radius 3 is 2.95 bits per heavy atom. The quantitative estimate of drug-likeness (QED) is 0.821. The molecular weight excluding hydrogens is 268 g/mol. The molecule has 0 atom stereocenters. The van der Waals surface area contributed by atoms with Crippen LogP contribution in [0.2, 0.25) is 0 Å². The van der Waals surface area contributed by atoms with E-state index in [0.717, 1.165) is 31.6 Å². The number of carbonyl (C=O) groups is 2. The monoisotopic (exact) mass is 292 g/mol. The molecule has 6 heteroatoms. The highest BCUT2D eigenvalue weighted by Crippen LogP contribution is 2.11. The molecule has 116 valence electrons. The Bertz CT molecular complexity index is 498. The molecule has 6 nitrogen and oxygen atoms in total. The average Bonchev–Trinajstić information content (AvgIpc) is 2.82. The molecule has 1 saturated heterocycles. The molecule has 0 unspecified atom stereocenters. The summed E-state index contributed by atoms with van der Waals surface area (Å²) < 4.78 is 2.01. The number of imidazole rings is 1. The van der Waals surface area contributed by atoms with Crippen LogP contribution in [0.1, 0.15) is 38.4 Å². The van der Waals surface area contributed by atoms with Crippen molar-refractivity contribution in [3.8, 4) is 0 Å². The Balaban J connectivity index is 1.91. The summed E-state index contributed by atoms with van der Waals surface area (Å²) >= 11 is 0. The Hall–Kier alpha value is -1.85. The van der Waals surface area contributed by atoms with Crippen LogP contribution in [0, 0.1) is 0 Å². The number of hydrogen-bond donors (Lipinski definition) is 0. The molecule has 0 spiro atoms. The maximum absolute atomic E-state index is 12.3. The molecule has 0 aliphatic carbocycles. The Morgan fingerprint density at radius 1 is 1.38 bits per heavy atom. The fourth-order valence-electron chi connectivity index (χ4n) is 2.57. The molecule has 0 N–H and O–H groups in total. The van der Waals surface area contributed by atoms with Crippen molar-refractivity contribution in [3.05, 3.63) is 18.2 Å². The van der Waals surface area contributed by atoms with Crippen molar-refractivity contribution in [1.82, 2.24) is 19.4 Å². The number of amides is 2. The second-order valence-corrected chi connectivity index (χ2v) is 5.51. The van der Waals surface area contributed by atoms with Gasteiger partial charge < -0.3 is 14.4 Å². The van der Waals surface area contributed by atoms with Crippen molar-refractivity contribution in [2.75, 3.05) is 20.1 Å². The Morgan fingerprint density at radius 2 is 2.19 bits per heavy atom. The number of nitrogens with zero attached hydrogens (tertiary/aromatic N) is 4. The molecule has 0 aromatic carbocycles. The summed E-state index contributed by atoms with van der Waals surface area (Å²) in [6.07, 6.45) is 7.22. The van der Waals surface area contributed by atoms with E-state index >= 15 is 0 Å². The number of hydrogen-bond acceptors (Lipinski definition) is 3. The summed E-state index contributed by atoms with van der Waals surface area (Å²) in [5.41, 5.74) is 0. The zero-order chi connectivity index (χ0) is 15.2. The molecule has 1 aromatic heterocycles. The number of aromatic nitrogens is 2. The van der Waals surface area contributed by atoms with Gasteiger partial charge in [-0.05, 0) is 19.8 Å². The van der Waals surface area contributed by atoms with Crippen LogP contribution < -0.4 is 0 Å². The van der Waals surface area contributed by atoms with Gasteiger partial charge in [0.05, 0.1) is 13.1 Å². The van der Waals surface area contributed by atoms with Gasteiger partial charge in [-0.2, -0.15) is 0 Å².